The zero-order valence-corrected chi connectivity index (χ0v) is 14.2. The predicted octanol–water partition coefficient (Wildman–Crippen LogP) is 3.50. The lowest BCUT2D eigenvalue weighted by molar-refractivity contribution is -0.112. The van der Waals surface area contributed by atoms with Gasteiger partial charge in [0.2, 0.25) is 5.13 Å². The van der Waals surface area contributed by atoms with Crippen LogP contribution < -0.4 is 5.32 Å². The van der Waals surface area contributed by atoms with E-state index in [0.29, 0.717) is 16.1 Å². The number of aromatic hydroxyl groups is 1. The zero-order valence-electron chi connectivity index (χ0n) is 13.4. The summed E-state index contributed by atoms with van der Waals surface area (Å²) in [6, 6.07) is 12.4. The zero-order chi connectivity index (χ0) is 17.8. The van der Waals surface area contributed by atoms with Crippen LogP contribution in [0.25, 0.3) is 16.8 Å². The molecule has 0 aliphatic carbocycles. The van der Waals surface area contributed by atoms with Crippen LogP contribution in [0.2, 0.25) is 0 Å². The van der Waals surface area contributed by atoms with Crippen molar-refractivity contribution in [2.75, 3.05) is 5.32 Å². The number of rotatable bonds is 4. The first kappa shape index (κ1) is 16.6. The van der Waals surface area contributed by atoms with Crippen molar-refractivity contribution in [2.45, 2.75) is 13.3 Å². The van der Waals surface area contributed by atoms with Crippen LogP contribution in [0.5, 0.6) is 5.75 Å². The van der Waals surface area contributed by atoms with Crippen LogP contribution >= 0.6 is 11.3 Å². The minimum Gasteiger partial charge on any atom is -0.507 e. The van der Waals surface area contributed by atoms with Gasteiger partial charge in [-0.15, -0.1) is 10.2 Å². The molecule has 1 aromatic heterocycles. The van der Waals surface area contributed by atoms with Crippen molar-refractivity contribution in [2.24, 2.45) is 0 Å². The molecule has 1 amide bonds. The fourth-order valence-corrected chi connectivity index (χ4v) is 3.02. The van der Waals surface area contributed by atoms with Crippen LogP contribution in [0.3, 0.4) is 0 Å². The maximum Gasteiger partial charge on any atom is 0.268 e. The van der Waals surface area contributed by atoms with Gasteiger partial charge in [-0.1, -0.05) is 48.6 Å². The number of benzene rings is 2. The summed E-state index contributed by atoms with van der Waals surface area (Å²) >= 11 is 1.28. The second kappa shape index (κ2) is 7.11. The third kappa shape index (κ3) is 3.49. The van der Waals surface area contributed by atoms with E-state index in [0.717, 1.165) is 16.8 Å². The first-order valence-electron chi connectivity index (χ1n) is 7.58. The molecule has 0 bridgehead atoms. The van der Waals surface area contributed by atoms with Crippen LogP contribution in [0.15, 0.2) is 42.0 Å². The second-order valence-electron chi connectivity index (χ2n) is 5.20. The first-order chi connectivity index (χ1) is 12.1. The minimum atomic E-state index is -0.543. The average Bonchev–Trinajstić information content (AvgIpc) is 3.09. The Hall–Kier alpha value is -3.24. The molecule has 3 aromatic rings. The molecule has 3 rings (SSSR count). The van der Waals surface area contributed by atoms with Crippen molar-refractivity contribution >= 4 is 39.2 Å². The highest BCUT2D eigenvalue weighted by molar-refractivity contribution is 7.15. The molecule has 0 aliphatic heterocycles. The predicted molar refractivity (Wildman–Crippen MR) is 97.1 cm³/mol. The minimum absolute atomic E-state index is 0.0518. The van der Waals surface area contributed by atoms with Crippen LogP contribution in [-0.2, 0) is 11.2 Å². The average molecular weight is 350 g/mol. The smallest absolute Gasteiger partial charge is 0.268 e. The van der Waals surface area contributed by atoms with Gasteiger partial charge in [0.15, 0.2) is 0 Å². The summed E-state index contributed by atoms with van der Waals surface area (Å²) < 4.78 is 0. The number of aryl methyl sites for hydroxylation is 1. The van der Waals surface area contributed by atoms with E-state index in [1.807, 2.05) is 31.2 Å². The SMILES string of the molecule is CCc1nnc(NC(=O)/C(C#N)=C/c2ccc(O)c3ccccc23)s1. The fraction of sp³-hybridized carbons (Fsp3) is 0.111. The molecule has 0 atom stereocenters. The Morgan fingerprint density at radius 2 is 2.04 bits per heavy atom. The number of nitrogens with zero attached hydrogens (tertiary/aromatic N) is 3. The van der Waals surface area contributed by atoms with Gasteiger partial charge in [-0.3, -0.25) is 10.1 Å². The number of phenols is 1. The van der Waals surface area contributed by atoms with E-state index >= 15 is 0 Å². The summed E-state index contributed by atoms with van der Waals surface area (Å²) in [6.07, 6.45) is 2.23. The molecular formula is C18H14N4O2S. The highest BCUT2D eigenvalue weighted by Crippen LogP contribution is 2.28. The number of phenolic OH excluding ortho intramolecular Hbond substituents is 1. The number of aromatic nitrogens is 2. The van der Waals surface area contributed by atoms with Crippen molar-refractivity contribution in [3.8, 4) is 11.8 Å². The molecule has 0 fully saturated rings. The van der Waals surface area contributed by atoms with Crippen molar-refractivity contribution in [3.05, 3.63) is 52.5 Å². The van der Waals surface area contributed by atoms with E-state index in [9.17, 15) is 15.2 Å². The van der Waals surface area contributed by atoms with E-state index in [1.54, 1.807) is 18.2 Å². The number of nitriles is 1. The number of amides is 1. The van der Waals surface area contributed by atoms with E-state index in [1.165, 1.54) is 17.4 Å². The summed E-state index contributed by atoms with van der Waals surface area (Å²) in [5.74, 6) is -0.393. The van der Waals surface area contributed by atoms with Crippen molar-refractivity contribution in [1.29, 1.82) is 5.26 Å². The van der Waals surface area contributed by atoms with E-state index in [4.69, 9.17) is 0 Å². The molecule has 2 aromatic carbocycles. The van der Waals surface area contributed by atoms with Crippen molar-refractivity contribution in [1.82, 2.24) is 10.2 Å². The molecule has 0 saturated heterocycles. The number of nitrogens with one attached hydrogen (secondary N) is 1. The van der Waals surface area contributed by atoms with Crippen LogP contribution in [-0.4, -0.2) is 21.2 Å². The first-order valence-corrected chi connectivity index (χ1v) is 8.40. The lowest BCUT2D eigenvalue weighted by atomic mass is 10.0. The van der Waals surface area contributed by atoms with E-state index in [-0.39, 0.29) is 11.3 Å². The Bertz CT molecular complexity index is 1020. The normalized spacial score (nSPS) is 11.3. The number of carbonyl (C=O) groups excluding carboxylic acids is 1. The molecule has 0 saturated carbocycles. The van der Waals surface area contributed by atoms with Crippen molar-refractivity contribution < 1.29 is 9.90 Å². The maximum absolute atomic E-state index is 12.3. The van der Waals surface area contributed by atoms with Gasteiger partial charge in [0, 0.05) is 5.39 Å². The van der Waals surface area contributed by atoms with Crippen LogP contribution in [0, 0.1) is 11.3 Å². The molecule has 25 heavy (non-hydrogen) atoms. The van der Waals surface area contributed by atoms with Gasteiger partial charge in [-0.05, 0) is 29.5 Å². The lowest BCUT2D eigenvalue weighted by Crippen LogP contribution is -2.13. The molecule has 6 nitrogen and oxygen atoms in total. The largest absolute Gasteiger partial charge is 0.507 e. The van der Waals surface area contributed by atoms with Crippen LogP contribution in [0.1, 0.15) is 17.5 Å². The molecule has 0 aliphatic rings. The Morgan fingerprint density at radius 3 is 2.72 bits per heavy atom. The maximum atomic E-state index is 12.3. The third-order valence-corrected chi connectivity index (χ3v) is 4.57. The molecule has 7 heteroatoms. The summed E-state index contributed by atoms with van der Waals surface area (Å²) in [5.41, 5.74) is 0.621. The van der Waals surface area contributed by atoms with Crippen molar-refractivity contribution in [3.63, 3.8) is 0 Å². The lowest BCUT2D eigenvalue weighted by Gasteiger charge is -2.05. The van der Waals surface area contributed by atoms with Gasteiger partial charge in [-0.2, -0.15) is 5.26 Å². The summed E-state index contributed by atoms with van der Waals surface area (Å²) in [5, 5.41) is 32.3. The van der Waals surface area contributed by atoms with Gasteiger partial charge in [0.1, 0.15) is 22.4 Å². The third-order valence-electron chi connectivity index (χ3n) is 3.59. The number of hydrogen-bond acceptors (Lipinski definition) is 6. The van der Waals surface area contributed by atoms with Crippen LogP contribution in [0.4, 0.5) is 5.13 Å². The topological polar surface area (TPSA) is 98.9 Å². The van der Waals surface area contributed by atoms with Gasteiger partial charge >= 0.3 is 0 Å². The second-order valence-corrected chi connectivity index (χ2v) is 6.26. The molecule has 0 unspecified atom stereocenters. The molecule has 0 radical (unpaired) electrons. The summed E-state index contributed by atoms with van der Waals surface area (Å²) in [6.45, 7) is 1.95. The highest BCUT2D eigenvalue weighted by atomic mass is 32.1. The van der Waals surface area contributed by atoms with E-state index < -0.39 is 5.91 Å². The van der Waals surface area contributed by atoms with Gasteiger partial charge in [-0.25, -0.2) is 0 Å². The van der Waals surface area contributed by atoms with Gasteiger partial charge < -0.3 is 5.11 Å². The van der Waals surface area contributed by atoms with Gasteiger partial charge in [0.25, 0.3) is 5.91 Å². The van der Waals surface area contributed by atoms with E-state index in [2.05, 4.69) is 15.5 Å². The highest BCUT2D eigenvalue weighted by Gasteiger charge is 2.13. The summed E-state index contributed by atoms with van der Waals surface area (Å²) in [4.78, 5) is 12.3. The quantitative estimate of drug-likeness (QED) is 0.554. The number of fused-ring (bicyclic) bond motifs is 1. The summed E-state index contributed by atoms with van der Waals surface area (Å²) in [7, 11) is 0. The fourth-order valence-electron chi connectivity index (χ4n) is 2.35. The Morgan fingerprint density at radius 1 is 1.28 bits per heavy atom. The molecule has 1 heterocycles. The molecule has 124 valence electrons. The Kier molecular flexibility index (Phi) is 4.73. The monoisotopic (exact) mass is 350 g/mol. The number of anilines is 1. The number of hydrogen-bond donors (Lipinski definition) is 2. The molecule has 2 N–H and O–H groups in total. The Labute approximate surface area is 148 Å². The molecule has 0 spiro atoms. The number of carbonyl (C=O) groups is 1. The molecular weight excluding hydrogens is 336 g/mol. The standard InChI is InChI=1S/C18H14N4O2S/c1-2-16-21-22-18(25-16)20-17(24)12(10-19)9-11-7-8-15(23)14-6-4-3-5-13(11)14/h3-9,23H,2H2,1H3,(H,20,22,24)/b12-9+. The Balaban J connectivity index is 1.94. The van der Waals surface area contributed by atoms with Gasteiger partial charge in [0.05, 0.1) is 0 Å².